The van der Waals surface area contributed by atoms with Crippen molar-refractivity contribution in [2.75, 3.05) is 18.4 Å². The van der Waals surface area contributed by atoms with Gasteiger partial charge in [0.15, 0.2) is 5.13 Å². The van der Waals surface area contributed by atoms with Crippen LogP contribution in [0.4, 0.5) is 5.13 Å². The summed E-state index contributed by atoms with van der Waals surface area (Å²) in [4.78, 5) is 12.7. The monoisotopic (exact) mass is 304 g/mol. The molecule has 0 amide bonds. The minimum atomic E-state index is 0.883. The molecule has 0 aliphatic heterocycles. The van der Waals surface area contributed by atoms with Crippen LogP contribution in [-0.2, 0) is 13.1 Å². The quantitative estimate of drug-likeness (QED) is 0.807. The highest BCUT2D eigenvalue weighted by atomic mass is 32.1. The maximum absolute atomic E-state index is 4.58. The van der Waals surface area contributed by atoms with Gasteiger partial charge in [0, 0.05) is 36.4 Å². The normalized spacial score (nSPS) is 11.0. The van der Waals surface area contributed by atoms with Crippen molar-refractivity contribution in [1.29, 1.82) is 0 Å². The zero-order valence-corrected chi connectivity index (χ0v) is 13.9. The van der Waals surface area contributed by atoms with E-state index in [2.05, 4.69) is 46.2 Å². The number of anilines is 1. The van der Waals surface area contributed by atoms with Gasteiger partial charge in [-0.05, 0) is 32.0 Å². The molecule has 4 nitrogen and oxygen atoms in total. The van der Waals surface area contributed by atoms with Gasteiger partial charge in [0.05, 0.1) is 5.69 Å². The lowest BCUT2D eigenvalue weighted by Crippen LogP contribution is -2.22. The molecular weight excluding hydrogens is 280 g/mol. The SMILES string of the molecule is CCCNc1ncc(CN(CC)Cc2cccc(C)n2)s1. The first-order valence-electron chi connectivity index (χ1n) is 7.54. The van der Waals surface area contributed by atoms with Crippen molar-refractivity contribution in [3.05, 3.63) is 40.7 Å². The summed E-state index contributed by atoms with van der Waals surface area (Å²) in [5.74, 6) is 0. The Labute approximate surface area is 131 Å². The molecule has 0 unspecified atom stereocenters. The molecule has 5 heteroatoms. The molecule has 0 aliphatic rings. The second kappa shape index (κ2) is 8.10. The average Bonchev–Trinajstić information content (AvgIpc) is 2.92. The van der Waals surface area contributed by atoms with Crippen LogP contribution in [0, 0.1) is 6.92 Å². The fourth-order valence-electron chi connectivity index (χ4n) is 2.11. The summed E-state index contributed by atoms with van der Waals surface area (Å²) in [7, 11) is 0. The first kappa shape index (κ1) is 15.9. The van der Waals surface area contributed by atoms with Gasteiger partial charge in [0.1, 0.15) is 0 Å². The Morgan fingerprint density at radius 3 is 2.81 bits per heavy atom. The molecule has 0 radical (unpaired) electrons. The number of hydrogen-bond donors (Lipinski definition) is 1. The maximum atomic E-state index is 4.58. The van der Waals surface area contributed by atoms with E-state index in [1.165, 1.54) is 4.88 Å². The Morgan fingerprint density at radius 2 is 2.10 bits per heavy atom. The summed E-state index contributed by atoms with van der Waals surface area (Å²) in [5, 5.41) is 4.36. The Balaban J connectivity index is 1.94. The average molecular weight is 304 g/mol. The van der Waals surface area contributed by atoms with E-state index in [1.54, 1.807) is 11.3 Å². The fraction of sp³-hybridized carbons (Fsp3) is 0.500. The molecule has 0 saturated heterocycles. The molecular formula is C16H24N4S. The van der Waals surface area contributed by atoms with Gasteiger partial charge in [-0.25, -0.2) is 4.98 Å². The number of hydrogen-bond acceptors (Lipinski definition) is 5. The molecule has 0 spiro atoms. The summed E-state index contributed by atoms with van der Waals surface area (Å²) in [6.07, 6.45) is 3.10. The first-order chi connectivity index (χ1) is 10.2. The number of thiazole rings is 1. The standard InChI is InChI=1S/C16H24N4S/c1-4-9-17-16-18-10-15(21-16)12-20(5-2)11-14-8-6-7-13(3)19-14/h6-8,10H,4-5,9,11-12H2,1-3H3,(H,17,18). The van der Waals surface area contributed by atoms with Crippen LogP contribution in [0.15, 0.2) is 24.4 Å². The van der Waals surface area contributed by atoms with Crippen molar-refractivity contribution >= 4 is 16.5 Å². The van der Waals surface area contributed by atoms with Crippen LogP contribution >= 0.6 is 11.3 Å². The lowest BCUT2D eigenvalue weighted by Gasteiger charge is -2.19. The minimum absolute atomic E-state index is 0.883. The van der Waals surface area contributed by atoms with E-state index in [0.29, 0.717) is 0 Å². The van der Waals surface area contributed by atoms with E-state index in [4.69, 9.17) is 0 Å². The van der Waals surface area contributed by atoms with Crippen LogP contribution in [-0.4, -0.2) is 28.0 Å². The number of pyridine rings is 1. The van der Waals surface area contributed by atoms with Crippen molar-refractivity contribution in [2.45, 2.75) is 40.3 Å². The third kappa shape index (κ3) is 5.10. The summed E-state index contributed by atoms with van der Waals surface area (Å²) >= 11 is 1.75. The maximum Gasteiger partial charge on any atom is 0.182 e. The number of nitrogens with zero attached hydrogens (tertiary/aromatic N) is 3. The topological polar surface area (TPSA) is 41.1 Å². The van der Waals surface area contributed by atoms with E-state index < -0.39 is 0 Å². The predicted octanol–water partition coefficient (Wildman–Crippen LogP) is 3.69. The van der Waals surface area contributed by atoms with Gasteiger partial charge in [-0.15, -0.1) is 11.3 Å². The van der Waals surface area contributed by atoms with Crippen molar-refractivity contribution < 1.29 is 0 Å². The van der Waals surface area contributed by atoms with E-state index in [-0.39, 0.29) is 0 Å². The number of aryl methyl sites for hydroxylation is 1. The second-order valence-electron chi connectivity index (χ2n) is 5.13. The molecule has 0 saturated carbocycles. The smallest absolute Gasteiger partial charge is 0.182 e. The van der Waals surface area contributed by atoms with Gasteiger partial charge in [0.2, 0.25) is 0 Å². The molecule has 0 aliphatic carbocycles. The van der Waals surface area contributed by atoms with Crippen LogP contribution in [0.5, 0.6) is 0 Å². The molecule has 0 aromatic carbocycles. The molecule has 2 aromatic heterocycles. The number of rotatable bonds is 8. The summed E-state index contributed by atoms with van der Waals surface area (Å²) in [6, 6.07) is 6.20. The zero-order valence-electron chi connectivity index (χ0n) is 13.1. The molecule has 21 heavy (non-hydrogen) atoms. The Bertz CT molecular complexity index is 553. The Kier molecular flexibility index (Phi) is 6.14. The van der Waals surface area contributed by atoms with E-state index >= 15 is 0 Å². The second-order valence-corrected chi connectivity index (χ2v) is 6.25. The summed E-state index contributed by atoms with van der Waals surface area (Å²) in [6.45, 7) is 10.2. The fourth-order valence-corrected chi connectivity index (χ4v) is 2.99. The van der Waals surface area contributed by atoms with E-state index in [0.717, 1.165) is 49.1 Å². The van der Waals surface area contributed by atoms with Crippen molar-refractivity contribution in [1.82, 2.24) is 14.9 Å². The molecule has 114 valence electrons. The summed E-state index contributed by atoms with van der Waals surface area (Å²) < 4.78 is 0. The van der Waals surface area contributed by atoms with Crippen LogP contribution in [0.25, 0.3) is 0 Å². The predicted molar refractivity (Wildman–Crippen MR) is 89.7 cm³/mol. The highest BCUT2D eigenvalue weighted by Gasteiger charge is 2.09. The van der Waals surface area contributed by atoms with Gasteiger partial charge in [-0.3, -0.25) is 9.88 Å². The molecule has 2 rings (SSSR count). The number of aromatic nitrogens is 2. The highest BCUT2D eigenvalue weighted by molar-refractivity contribution is 7.15. The molecule has 2 heterocycles. The van der Waals surface area contributed by atoms with Crippen molar-refractivity contribution in [3.8, 4) is 0 Å². The van der Waals surface area contributed by atoms with E-state index in [1.807, 2.05) is 19.2 Å². The molecule has 0 bridgehead atoms. The number of nitrogens with one attached hydrogen (secondary N) is 1. The third-order valence-corrected chi connectivity index (χ3v) is 4.18. The molecule has 2 aromatic rings. The molecule has 0 fully saturated rings. The van der Waals surface area contributed by atoms with Gasteiger partial charge < -0.3 is 5.32 Å². The van der Waals surface area contributed by atoms with Gasteiger partial charge >= 0.3 is 0 Å². The largest absolute Gasteiger partial charge is 0.362 e. The Hall–Kier alpha value is -1.46. The van der Waals surface area contributed by atoms with Crippen molar-refractivity contribution in [2.24, 2.45) is 0 Å². The summed E-state index contributed by atoms with van der Waals surface area (Å²) in [5.41, 5.74) is 2.21. The van der Waals surface area contributed by atoms with Crippen LogP contribution in [0.1, 0.15) is 36.5 Å². The highest BCUT2D eigenvalue weighted by Crippen LogP contribution is 2.20. The molecule has 0 atom stereocenters. The van der Waals surface area contributed by atoms with Crippen molar-refractivity contribution in [3.63, 3.8) is 0 Å². The first-order valence-corrected chi connectivity index (χ1v) is 8.36. The lowest BCUT2D eigenvalue weighted by molar-refractivity contribution is 0.270. The minimum Gasteiger partial charge on any atom is -0.362 e. The van der Waals surface area contributed by atoms with Gasteiger partial charge in [0.25, 0.3) is 0 Å². The van der Waals surface area contributed by atoms with Crippen LogP contribution in [0.2, 0.25) is 0 Å². The lowest BCUT2D eigenvalue weighted by atomic mass is 10.3. The third-order valence-electron chi connectivity index (χ3n) is 3.24. The van der Waals surface area contributed by atoms with Gasteiger partial charge in [-0.1, -0.05) is 19.9 Å². The van der Waals surface area contributed by atoms with Crippen LogP contribution in [0.3, 0.4) is 0 Å². The zero-order chi connectivity index (χ0) is 15.1. The molecule has 1 N–H and O–H groups in total. The Morgan fingerprint density at radius 1 is 1.24 bits per heavy atom. The van der Waals surface area contributed by atoms with Crippen LogP contribution < -0.4 is 5.32 Å². The van der Waals surface area contributed by atoms with Gasteiger partial charge in [-0.2, -0.15) is 0 Å². The van der Waals surface area contributed by atoms with E-state index in [9.17, 15) is 0 Å².